The molecule has 0 bridgehead atoms. The summed E-state index contributed by atoms with van der Waals surface area (Å²) in [6, 6.07) is 7.56. The fourth-order valence-corrected chi connectivity index (χ4v) is 2.01. The van der Waals surface area contributed by atoms with E-state index in [1.54, 1.807) is 0 Å². The van der Waals surface area contributed by atoms with Gasteiger partial charge in [0.05, 0.1) is 6.26 Å². The van der Waals surface area contributed by atoms with E-state index in [1.807, 2.05) is 24.3 Å². The molecule has 5 heteroatoms. The van der Waals surface area contributed by atoms with E-state index in [4.69, 9.17) is 0 Å². The van der Waals surface area contributed by atoms with Crippen molar-refractivity contribution in [2.24, 2.45) is 0 Å². The van der Waals surface area contributed by atoms with Crippen molar-refractivity contribution in [3.8, 4) is 23.3 Å². The van der Waals surface area contributed by atoms with Crippen LogP contribution in [0.3, 0.4) is 0 Å². The second kappa shape index (κ2) is 6.76. The standard InChI is InChI=1S/C15H18O3SSi/c1-19(16,17)18-12-7-10-14-8-5-6-9-15(14)11-13-20(2,3)4/h5-6,8-9H,12H2,1-4H3. The highest BCUT2D eigenvalue weighted by atomic mass is 32.2. The number of hydrogen-bond donors (Lipinski definition) is 0. The van der Waals surface area contributed by atoms with Gasteiger partial charge in [-0.05, 0) is 12.1 Å². The first-order chi connectivity index (χ1) is 9.17. The van der Waals surface area contributed by atoms with Gasteiger partial charge in [-0.3, -0.25) is 4.18 Å². The Hall–Kier alpha value is -1.53. The van der Waals surface area contributed by atoms with Crippen molar-refractivity contribution in [3.63, 3.8) is 0 Å². The highest BCUT2D eigenvalue weighted by Gasteiger charge is 2.07. The maximum Gasteiger partial charge on any atom is 0.265 e. The largest absolute Gasteiger partial charge is 0.265 e. The molecule has 1 rings (SSSR count). The molecule has 0 heterocycles. The normalized spacial score (nSPS) is 11.0. The summed E-state index contributed by atoms with van der Waals surface area (Å²) in [5.74, 6) is 8.74. The van der Waals surface area contributed by atoms with Gasteiger partial charge < -0.3 is 0 Å². The molecule has 0 fully saturated rings. The third kappa shape index (κ3) is 7.15. The van der Waals surface area contributed by atoms with Gasteiger partial charge >= 0.3 is 0 Å². The Morgan fingerprint density at radius 3 is 2.15 bits per heavy atom. The monoisotopic (exact) mass is 306 g/mol. The molecule has 3 nitrogen and oxygen atoms in total. The van der Waals surface area contributed by atoms with Crippen molar-refractivity contribution in [2.45, 2.75) is 19.6 Å². The van der Waals surface area contributed by atoms with Crippen molar-refractivity contribution in [1.82, 2.24) is 0 Å². The lowest BCUT2D eigenvalue weighted by Gasteiger charge is -2.03. The van der Waals surface area contributed by atoms with Gasteiger partial charge in [-0.25, -0.2) is 0 Å². The summed E-state index contributed by atoms with van der Waals surface area (Å²) in [6.45, 7) is 6.38. The van der Waals surface area contributed by atoms with E-state index >= 15 is 0 Å². The van der Waals surface area contributed by atoms with Crippen molar-refractivity contribution in [2.75, 3.05) is 12.9 Å². The predicted octanol–water partition coefficient (Wildman–Crippen LogP) is 2.24. The van der Waals surface area contributed by atoms with Crippen molar-refractivity contribution < 1.29 is 12.6 Å². The van der Waals surface area contributed by atoms with Crippen LogP contribution in [0.5, 0.6) is 0 Å². The maximum absolute atomic E-state index is 10.8. The molecule has 0 aromatic heterocycles. The van der Waals surface area contributed by atoms with Crippen molar-refractivity contribution in [1.29, 1.82) is 0 Å². The predicted molar refractivity (Wildman–Crippen MR) is 84.3 cm³/mol. The maximum atomic E-state index is 10.8. The van der Waals surface area contributed by atoms with Crippen LogP contribution in [-0.2, 0) is 14.3 Å². The molecular formula is C15H18O3SSi. The molecule has 0 aliphatic carbocycles. The molecule has 106 valence electrons. The fraction of sp³-hybridized carbons (Fsp3) is 0.333. The van der Waals surface area contributed by atoms with Crippen molar-refractivity contribution >= 4 is 18.2 Å². The molecule has 0 aliphatic heterocycles. The average molecular weight is 306 g/mol. The summed E-state index contributed by atoms with van der Waals surface area (Å²) in [6.07, 6.45) is 1.00. The van der Waals surface area contributed by atoms with E-state index < -0.39 is 18.2 Å². The zero-order valence-electron chi connectivity index (χ0n) is 12.1. The SMILES string of the molecule is C[Si](C)(C)C#Cc1ccccc1C#CCOS(C)(=O)=O. The molecule has 0 radical (unpaired) electrons. The van der Waals surface area contributed by atoms with Gasteiger partial charge in [-0.15, -0.1) is 5.54 Å². The first-order valence-electron chi connectivity index (χ1n) is 6.13. The smallest absolute Gasteiger partial charge is 0.257 e. The zero-order chi connectivity index (χ0) is 15.2. The van der Waals surface area contributed by atoms with Crippen LogP contribution in [0.15, 0.2) is 24.3 Å². The summed E-state index contributed by atoms with van der Waals surface area (Å²) < 4.78 is 26.2. The van der Waals surface area contributed by atoms with E-state index in [9.17, 15) is 8.42 Å². The van der Waals surface area contributed by atoms with Gasteiger partial charge in [0, 0.05) is 11.1 Å². The molecule has 20 heavy (non-hydrogen) atoms. The van der Waals surface area contributed by atoms with Crippen LogP contribution in [-0.4, -0.2) is 29.4 Å². The molecule has 0 saturated heterocycles. The second-order valence-corrected chi connectivity index (χ2v) is 11.7. The highest BCUT2D eigenvalue weighted by molar-refractivity contribution is 7.86. The minimum atomic E-state index is -3.44. The quantitative estimate of drug-likeness (QED) is 0.478. The van der Waals surface area contributed by atoms with Gasteiger partial charge in [0.2, 0.25) is 0 Å². The van der Waals surface area contributed by atoms with Crippen LogP contribution in [0.1, 0.15) is 11.1 Å². The van der Waals surface area contributed by atoms with E-state index in [0.29, 0.717) is 0 Å². The van der Waals surface area contributed by atoms with Crippen molar-refractivity contribution in [3.05, 3.63) is 35.4 Å². The van der Waals surface area contributed by atoms with Crippen LogP contribution in [0.2, 0.25) is 19.6 Å². The molecule has 1 aromatic carbocycles. The average Bonchev–Trinajstić information content (AvgIpc) is 2.31. The summed E-state index contributed by atoms with van der Waals surface area (Å²) in [7, 11) is -4.88. The molecule has 0 spiro atoms. The lowest BCUT2D eigenvalue weighted by atomic mass is 10.1. The Morgan fingerprint density at radius 2 is 1.65 bits per heavy atom. The minimum Gasteiger partial charge on any atom is -0.257 e. The van der Waals surface area contributed by atoms with E-state index in [2.05, 4.69) is 47.1 Å². The number of benzene rings is 1. The molecule has 0 N–H and O–H groups in total. The Bertz CT molecular complexity index is 692. The number of hydrogen-bond acceptors (Lipinski definition) is 3. The van der Waals surface area contributed by atoms with E-state index in [-0.39, 0.29) is 6.61 Å². The molecule has 0 atom stereocenters. The molecule has 0 unspecified atom stereocenters. The highest BCUT2D eigenvalue weighted by Crippen LogP contribution is 2.06. The van der Waals surface area contributed by atoms with Gasteiger partial charge in [-0.2, -0.15) is 8.42 Å². The third-order valence-corrected chi connectivity index (χ3v) is 3.49. The fourth-order valence-electron chi connectivity index (χ4n) is 1.22. The lowest BCUT2D eigenvalue weighted by molar-refractivity contribution is 0.368. The topological polar surface area (TPSA) is 43.4 Å². The Morgan fingerprint density at radius 1 is 1.10 bits per heavy atom. The lowest BCUT2D eigenvalue weighted by Crippen LogP contribution is -2.16. The minimum absolute atomic E-state index is 0.144. The number of rotatable bonds is 2. The second-order valence-electron chi connectivity index (χ2n) is 5.31. The first-order valence-corrected chi connectivity index (χ1v) is 11.4. The van der Waals surface area contributed by atoms with Gasteiger partial charge in [-0.1, -0.05) is 49.5 Å². The van der Waals surface area contributed by atoms with E-state index in [1.165, 1.54) is 0 Å². The zero-order valence-corrected chi connectivity index (χ0v) is 14.0. The summed E-state index contributed by atoms with van der Waals surface area (Å²) in [5.41, 5.74) is 4.94. The van der Waals surface area contributed by atoms with Gasteiger partial charge in [0.25, 0.3) is 10.1 Å². The molecule has 0 aliphatic rings. The van der Waals surface area contributed by atoms with Crippen LogP contribution >= 0.6 is 0 Å². The third-order valence-electron chi connectivity index (χ3n) is 2.07. The van der Waals surface area contributed by atoms with Gasteiger partial charge in [0.15, 0.2) is 0 Å². The molecule has 0 saturated carbocycles. The summed E-state index contributed by atoms with van der Waals surface area (Å²) >= 11 is 0. The Labute approximate surface area is 122 Å². The Balaban J connectivity index is 2.91. The summed E-state index contributed by atoms with van der Waals surface area (Å²) in [5, 5.41) is 0. The van der Waals surface area contributed by atoms with Crippen LogP contribution < -0.4 is 0 Å². The van der Waals surface area contributed by atoms with Gasteiger partial charge in [0.1, 0.15) is 14.7 Å². The molecule has 1 aromatic rings. The first kappa shape index (κ1) is 16.5. The molecule has 0 amide bonds. The van der Waals surface area contributed by atoms with Crippen LogP contribution in [0, 0.1) is 23.3 Å². The van der Waals surface area contributed by atoms with Crippen LogP contribution in [0.25, 0.3) is 0 Å². The molecular weight excluding hydrogens is 288 g/mol. The summed E-state index contributed by atoms with van der Waals surface area (Å²) in [4.78, 5) is 0. The van der Waals surface area contributed by atoms with Crippen LogP contribution in [0.4, 0.5) is 0 Å². The Kier molecular flexibility index (Phi) is 5.59. The van der Waals surface area contributed by atoms with E-state index in [0.717, 1.165) is 17.4 Å².